The van der Waals surface area contributed by atoms with Gasteiger partial charge in [0.2, 0.25) is 11.8 Å². The molecule has 6 heteroatoms. The van der Waals surface area contributed by atoms with Crippen molar-refractivity contribution in [3.05, 3.63) is 30.3 Å². The molecule has 1 aliphatic heterocycles. The van der Waals surface area contributed by atoms with Crippen LogP contribution in [0.1, 0.15) is 19.3 Å². The minimum Gasteiger partial charge on any atom is -0.481 e. The van der Waals surface area contributed by atoms with E-state index in [1.807, 2.05) is 6.07 Å². The van der Waals surface area contributed by atoms with Crippen LogP contribution in [0.5, 0.6) is 0 Å². The van der Waals surface area contributed by atoms with Crippen molar-refractivity contribution in [2.75, 3.05) is 11.4 Å². The molecule has 1 atom stereocenters. The van der Waals surface area contributed by atoms with Crippen molar-refractivity contribution in [3.63, 3.8) is 0 Å². The van der Waals surface area contributed by atoms with Crippen LogP contribution in [-0.4, -0.2) is 35.5 Å². The van der Waals surface area contributed by atoms with Crippen molar-refractivity contribution in [1.82, 2.24) is 5.32 Å². The lowest BCUT2D eigenvalue weighted by atomic mass is 10.1. The fourth-order valence-corrected chi connectivity index (χ4v) is 2.17. The lowest BCUT2D eigenvalue weighted by Gasteiger charge is -2.25. The molecule has 1 heterocycles. The molecular weight excluding hydrogens is 260 g/mol. The summed E-state index contributed by atoms with van der Waals surface area (Å²) in [4.78, 5) is 35.8. The number of para-hydroxylation sites is 1. The minimum absolute atomic E-state index is 0.0878. The Morgan fingerprint density at radius 2 is 2.00 bits per heavy atom. The van der Waals surface area contributed by atoms with E-state index >= 15 is 0 Å². The van der Waals surface area contributed by atoms with Crippen molar-refractivity contribution >= 4 is 23.5 Å². The molecule has 0 aromatic heterocycles. The maximum absolute atomic E-state index is 12.4. The standard InChI is InChI=1S/C14H16N2O4/c17-12-7-6-11(15-12)14(20)16(9-8-13(18)19)10-4-2-1-3-5-10/h1-5,11H,6-9H2,(H,15,17)(H,18,19)/t11-/m1/s1. The van der Waals surface area contributed by atoms with E-state index in [1.54, 1.807) is 24.3 Å². The van der Waals surface area contributed by atoms with Gasteiger partial charge in [-0.15, -0.1) is 0 Å². The molecular formula is C14H16N2O4. The number of anilines is 1. The molecule has 0 unspecified atom stereocenters. The number of carbonyl (C=O) groups excluding carboxylic acids is 2. The number of benzene rings is 1. The van der Waals surface area contributed by atoms with E-state index in [-0.39, 0.29) is 24.8 Å². The molecule has 0 radical (unpaired) electrons. The number of rotatable bonds is 5. The monoisotopic (exact) mass is 276 g/mol. The van der Waals surface area contributed by atoms with E-state index in [1.165, 1.54) is 4.90 Å². The Morgan fingerprint density at radius 1 is 1.30 bits per heavy atom. The molecule has 1 saturated heterocycles. The summed E-state index contributed by atoms with van der Waals surface area (Å²) in [7, 11) is 0. The summed E-state index contributed by atoms with van der Waals surface area (Å²) in [5.74, 6) is -1.37. The second kappa shape index (κ2) is 6.18. The molecule has 2 rings (SSSR count). The Kier molecular flexibility index (Phi) is 4.34. The Labute approximate surface area is 116 Å². The van der Waals surface area contributed by atoms with Crippen LogP contribution in [0.25, 0.3) is 0 Å². The van der Waals surface area contributed by atoms with Gasteiger partial charge in [0.1, 0.15) is 6.04 Å². The van der Waals surface area contributed by atoms with Crippen molar-refractivity contribution < 1.29 is 19.5 Å². The van der Waals surface area contributed by atoms with Crippen LogP contribution < -0.4 is 10.2 Å². The molecule has 1 aromatic rings. The Hall–Kier alpha value is -2.37. The number of amides is 2. The van der Waals surface area contributed by atoms with Gasteiger partial charge in [0.15, 0.2) is 0 Å². The topological polar surface area (TPSA) is 86.7 Å². The number of carbonyl (C=O) groups is 3. The van der Waals surface area contributed by atoms with Crippen LogP contribution in [0.3, 0.4) is 0 Å². The molecule has 1 aliphatic rings. The molecule has 20 heavy (non-hydrogen) atoms. The smallest absolute Gasteiger partial charge is 0.305 e. The summed E-state index contributed by atoms with van der Waals surface area (Å²) < 4.78 is 0. The van der Waals surface area contributed by atoms with Gasteiger partial charge in [-0.3, -0.25) is 14.4 Å². The number of aliphatic carboxylic acids is 1. The lowest BCUT2D eigenvalue weighted by molar-refractivity contribution is -0.136. The van der Waals surface area contributed by atoms with E-state index in [0.29, 0.717) is 18.5 Å². The number of carboxylic acids is 1. The predicted octanol–water partition coefficient (Wildman–Crippen LogP) is 0.773. The third-order valence-electron chi connectivity index (χ3n) is 3.18. The molecule has 1 fully saturated rings. The van der Waals surface area contributed by atoms with E-state index in [9.17, 15) is 14.4 Å². The first-order valence-corrected chi connectivity index (χ1v) is 6.45. The molecule has 0 bridgehead atoms. The second-order valence-corrected chi connectivity index (χ2v) is 4.63. The van der Waals surface area contributed by atoms with Gasteiger partial charge in [0, 0.05) is 18.7 Å². The minimum atomic E-state index is -0.964. The van der Waals surface area contributed by atoms with Gasteiger partial charge < -0.3 is 15.3 Å². The highest BCUT2D eigenvalue weighted by Crippen LogP contribution is 2.18. The first-order chi connectivity index (χ1) is 9.58. The number of nitrogens with zero attached hydrogens (tertiary/aromatic N) is 1. The van der Waals surface area contributed by atoms with Crippen LogP contribution in [0.15, 0.2) is 30.3 Å². The zero-order chi connectivity index (χ0) is 14.5. The van der Waals surface area contributed by atoms with Crippen LogP contribution in [0.2, 0.25) is 0 Å². The van der Waals surface area contributed by atoms with E-state index in [4.69, 9.17) is 5.11 Å². The lowest BCUT2D eigenvalue weighted by Crippen LogP contribution is -2.45. The first-order valence-electron chi connectivity index (χ1n) is 6.45. The van der Waals surface area contributed by atoms with Crippen molar-refractivity contribution in [2.24, 2.45) is 0 Å². The summed E-state index contributed by atoms with van der Waals surface area (Å²) >= 11 is 0. The van der Waals surface area contributed by atoms with Crippen LogP contribution >= 0.6 is 0 Å². The highest BCUT2D eigenvalue weighted by Gasteiger charge is 2.31. The Morgan fingerprint density at radius 3 is 2.55 bits per heavy atom. The van der Waals surface area contributed by atoms with Crippen molar-refractivity contribution in [1.29, 1.82) is 0 Å². The highest BCUT2D eigenvalue weighted by atomic mass is 16.4. The van der Waals surface area contributed by atoms with Gasteiger partial charge in [0.25, 0.3) is 0 Å². The number of hydrogen-bond donors (Lipinski definition) is 2. The predicted molar refractivity (Wildman–Crippen MR) is 72.2 cm³/mol. The first kappa shape index (κ1) is 14.0. The Bertz CT molecular complexity index is 515. The zero-order valence-corrected chi connectivity index (χ0v) is 10.9. The molecule has 6 nitrogen and oxygen atoms in total. The summed E-state index contributed by atoms with van der Waals surface area (Å²) in [5, 5.41) is 11.4. The van der Waals surface area contributed by atoms with Gasteiger partial charge in [-0.05, 0) is 18.6 Å². The van der Waals surface area contributed by atoms with Gasteiger partial charge in [-0.2, -0.15) is 0 Å². The molecule has 2 N–H and O–H groups in total. The summed E-state index contributed by atoms with van der Waals surface area (Å²) in [6.07, 6.45) is 0.646. The zero-order valence-electron chi connectivity index (χ0n) is 10.9. The summed E-state index contributed by atoms with van der Waals surface area (Å²) in [6.45, 7) is 0.0878. The van der Waals surface area contributed by atoms with E-state index < -0.39 is 12.0 Å². The highest BCUT2D eigenvalue weighted by molar-refractivity contribution is 6.01. The SMILES string of the molecule is O=C(O)CCN(C(=O)[C@H]1CCC(=O)N1)c1ccccc1. The molecule has 0 saturated carbocycles. The van der Waals surface area contributed by atoms with Gasteiger partial charge in [-0.25, -0.2) is 0 Å². The number of hydrogen-bond acceptors (Lipinski definition) is 3. The quantitative estimate of drug-likeness (QED) is 0.831. The fraction of sp³-hybridized carbons (Fsp3) is 0.357. The maximum atomic E-state index is 12.4. The molecule has 2 amide bonds. The third-order valence-corrected chi connectivity index (χ3v) is 3.18. The van der Waals surface area contributed by atoms with E-state index in [0.717, 1.165) is 0 Å². The molecule has 106 valence electrons. The number of nitrogens with one attached hydrogen (secondary N) is 1. The van der Waals surface area contributed by atoms with Crippen LogP contribution in [-0.2, 0) is 14.4 Å². The van der Waals surface area contributed by atoms with Crippen LogP contribution in [0, 0.1) is 0 Å². The van der Waals surface area contributed by atoms with E-state index in [2.05, 4.69) is 5.32 Å². The molecule has 0 spiro atoms. The second-order valence-electron chi connectivity index (χ2n) is 4.63. The van der Waals surface area contributed by atoms with Gasteiger partial charge in [0.05, 0.1) is 6.42 Å². The van der Waals surface area contributed by atoms with Crippen LogP contribution in [0.4, 0.5) is 5.69 Å². The summed E-state index contributed by atoms with van der Waals surface area (Å²) in [6, 6.07) is 8.32. The normalized spacial score (nSPS) is 17.6. The van der Waals surface area contributed by atoms with Crippen molar-refractivity contribution in [3.8, 4) is 0 Å². The average Bonchev–Trinajstić information content (AvgIpc) is 2.86. The largest absolute Gasteiger partial charge is 0.481 e. The third kappa shape index (κ3) is 3.34. The Balaban J connectivity index is 2.15. The molecule has 0 aliphatic carbocycles. The number of carboxylic acid groups (broad SMARTS) is 1. The van der Waals surface area contributed by atoms with Crippen molar-refractivity contribution in [2.45, 2.75) is 25.3 Å². The van der Waals surface area contributed by atoms with Gasteiger partial charge >= 0.3 is 5.97 Å². The molecule has 1 aromatic carbocycles. The summed E-state index contributed by atoms with van der Waals surface area (Å²) in [5.41, 5.74) is 0.639. The maximum Gasteiger partial charge on any atom is 0.305 e. The van der Waals surface area contributed by atoms with Gasteiger partial charge in [-0.1, -0.05) is 18.2 Å². The average molecular weight is 276 g/mol. The fourth-order valence-electron chi connectivity index (χ4n) is 2.17.